The first-order valence-corrected chi connectivity index (χ1v) is 3.85. The molecule has 0 aliphatic heterocycles. The van der Waals surface area contributed by atoms with E-state index in [0.717, 1.165) is 24.8 Å². The molecule has 0 radical (unpaired) electrons. The van der Waals surface area contributed by atoms with E-state index < -0.39 is 0 Å². The molecule has 0 N–H and O–H groups in total. The minimum Gasteiger partial charge on any atom is -0.198 e. The summed E-state index contributed by atoms with van der Waals surface area (Å²) in [6.07, 6.45) is 2.75. The minimum atomic E-state index is 0.210. The summed E-state index contributed by atoms with van der Waals surface area (Å²) in [5.41, 5.74) is 2.21. The average Bonchev–Trinajstić information content (AvgIpc) is 2.60. The second-order valence-electron chi connectivity index (χ2n) is 3.30. The molecule has 1 fully saturated rings. The summed E-state index contributed by atoms with van der Waals surface area (Å²) < 4.78 is 0. The summed E-state index contributed by atoms with van der Waals surface area (Å²) >= 11 is 0. The Morgan fingerprint density at radius 3 is 2.45 bits per heavy atom. The van der Waals surface area contributed by atoms with Crippen LogP contribution in [0, 0.1) is 34.5 Å². The molecule has 0 aromatic rings. The topological polar surface area (TPSA) is 47.6 Å². The zero-order valence-corrected chi connectivity index (χ0v) is 6.17. The van der Waals surface area contributed by atoms with Crippen molar-refractivity contribution >= 4 is 0 Å². The Morgan fingerprint density at radius 1 is 1.18 bits per heavy atom. The lowest BCUT2D eigenvalue weighted by Gasteiger charge is -2.11. The Kier molecular flexibility index (Phi) is 1.23. The van der Waals surface area contributed by atoms with Gasteiger partial charge in [0, 0.05) is 5.57 Å². The molecule has 2 nitrogen and oxygen atoms in total. The molecule has 2 atom stereocenters. The Bertz CT molecular complexity index is 301. The van der Waals surface area contributed by atoms with Crippen LogP contribution in [0.25, 0.3) is 0 Å². The van der Waals surface area contributed by atoms with Crippen molar-refractivity contribution in [1.82, 2.24) is 0 Å². The molecule has 1 saturated carbocycles. The Balaban J connectivity index is 2.28. The third kappa shape index (κ3) is 0.763. The van der Waals surface area contributed by atoms with Gasteiger partial charge in [0.15, 0.2) is 0 Å². The molecule has 11 heavy (non-hydrogen) atoms. The minimum absolute atomic E-state index is 0.210. The summed E-state index contributed by atoms with van der Waals surface area (Å²) in [5.74, 6) is 0.687. The molecule has 0 aromatic heterocycles. The molecule has 2 aliphatic rings. The van der Waals surface area contributed by atoms with E-state index in [-0.39, 0.29) is 5.92 Å². The number of hydrogen-bond donors (Lipinski definition) is 0. The van der Waals surface area contributed by atoms with Crippen LogP contribution in [0.5, 0.6) is 0 Å². The lowest BCUT2D eigenvalue weighted by molar-refractivity contribution is 0.471. The fourth-order valence-corrected chi connectivity index (χ4v) is 2.12. The average molecular weight is 144 g/mol. The third-order valence-electron chi connectivity index (χ3n) is 2.74. The normalized spacial score (nSPS) is 33.6. The van der Waals surface area contributed by atoms with Crippen LogP contribution >= 0.6 is 0 Å². The maximum absolute atomic E-state index is 8.69. The van der Waals surface area contributed by atoms with Gasteiger partial charge in [-0.2, -0.15) is 10.5 Å². The predicted molar refractivity (Wildman–Crippen MR) is 39.1 cm³/mol. The quantitative estimate of drug-likeness (QED) is 0.520. The van der Waals surface area contributed by atoms with Gasteiger partial charge in [-0.15, -0.1) is 0 Å². The standard InChI is InChI=1S/C9H8N2/c10-4-8-2-6-1-7(8)3-9(6)5-11/h6,9H,1-3H2. The zero-order valence-electron chi connectivity index (χ0n) is 6.17. The van der Waals surface area contributed by atoms with Crippen molar-refractivity contribution in [2.45, 2.75) is 19.3 Å². The molecule has 2 bridgehead atoms. The number of allylic oxidation sites excluding steroid dienone is 2. The molecule has 2 heteroatoms. The van der Waals surface area contributed by atoms with E-state index in [4.69, 9.17) is 10.5 Å². The first-order chi connectivity index (χ1) is 5.35. The molecule has 0 aromatic carbocycles. The first kappa shape index (κ1) is 6.43. The van der Waals surface area contributed by atoms with Crippen LogP contribution in [0.4, 0.5) is 0 Å². The highest BCUT2D eigenvalue weighted by atomic mass is 14.4. The fourth-order valence-electron chi connectivity index (χ4n) is 2.12. The van der Waals surface area contributed by atoms with E-state index in [1.165, 1.54) is 5.57 Å². The highest BCUT2D eigenvalue weighted by molar-refractivity contribution is 5.38. The Morgan fingerprint density at radius 2 is 2.00 bits per heavy atom. The maximum Gasteiger partial charge on any atom is 0.0946 e. The van der Waals surface area contributed by atoms with Crippen molar-refractivity contribution in [3.05, 3.63) is 11.1 Å². The lowest BCUT2D eigenvalue weighted by Crippen LogP contribution is -2.06. The zero-order chi connectivity index (χ0) is 7.84. The summed E-state index contributed by atoms with van der Waals surface area (Å²) in [6, 6.07) is 4.51. The van der Waals surface area contributed by atoms with Crippen LogP contribution in [0.3, 0.4) is 0 Å². The van der Waals surface area contributed by atoms with E-state index in [1.807, 2.05) is 0 Å². The second-order valence-corrected chi connectivity index (χ2v) is 3.30. The van der Waals surface area contributed by atoms with Crippen LogP contribution in [0.2, 0.25) is 0 Å². The number of nitriles is 2. The number of rotatable bonds is 0. The van der Waals surface area contributed by atoms with Gasteiger partial charge in [-0.3, -0.25) is 0 Å². The van der Waals surface area contributed by atoms with Gasteiger partial charge < -0.3 is 0 Å². The van der Waals surface area contributed by atoms with Gasteiger partial charge in [0.2, 0.25) is 0 Å². The molecule has 0 saturated heterocycles. The van der Waals surface area contributed by atoms with Crippen molar-refractivity contribution in [1.29, 1.82) is 10.5 Å². The van der Waals surface area contributed by atoms with Crippen molar-refractivity contribution < 1.29 is 0 Å². The molecule has 0 spiro atoms. The number of fused-ring (bicyclic) bond motifs is 2. The monoisotopic (exact) mass is 144 g/mol. The van der Waals surface area contributed by atoms with E-state index in [2.05, 4.69) is 12.1 Å². The molecule has 2 unspecified atom stereocenters. The SMILES string of the molecule is N#CC1=C2CC(C#N)C(C1)C2. The highest BCUT2D eigenvalue weighted by Crippen LogP contribution is 2.47. The van der Waals surface area contributed by atoms with Gasteiger partial charge in [-0.05, 0) is 25.2 Å². The van der Waals surface area contributed by atoms with E-state index in [9.17, 15) is 0 Å². The molecule has 2 aliphatic carbocycles. The second kappa shape index (κ2) is 2.10. The van der Waals surface area contributed by atoms with Crippen LogP contribution in [0.1, 0.15) is 19.3 Å². The van der Waals surface area contributed by atoms with Crippen molar-refractivity contribution in [2.75, 3.05) is 0 Å². The van der Waals surface area contributed by atoms with Gasteiger partial charge in [-0.25, -0.2) is 0 Å². The number of hydrogen-bond acceptors (Lipinski definition) is 2. The van der Waals surface area contributed by atoms with Crippen LogP contribution in [-0.2, 0) is 0 Å². The molecular formula is C9H8N2. The van der Waals surface area contributed by atoms with E-state index in [0.29, 0.717) is 5.92 Å². The lowest BCUT2D eigenvalue weighted by atomic mass is 9.90. The predicted octanol–water partition coefficient (Wildman–Crippen LogP) is 1.76. The van der Waals surface area contributed by atoms with Gasteiger partial charge in [0.05, 0.1) is 18.1 Å². The number of nitrogens with zero attached hydrogens (tertiary/aromatic N) is 2. The largest absolute Gasteiger partial charge is 0.198 e. The van der Waals surface area contributed by atoms with E-state index >= 15 is 0 Å². The summed E-state index contributed by atoms with van der Waals surface area (Å²) in [6.45, 7) is 0. The van der Waals surface area contributed by atoms with E-state index in [1.54, 1.807) is 0 Å². The summed E-state index contributed by atoms with van der Waals surface area (Å²) in [4.78, 5) is 0. The van der Waals surface area contributed by atoms with Crippen molar-refractivity contribution in [2.24, 2.45) is 11.8 Å². The van der Waals surface area contributed by atoms with Gasteiger partial charge in [-0.1, -0.05) is 5.57 Å². The summed E-state index contributed by atoms with van der Waals surface area (Å²) in [5, 5.41) is 17.3. The van der Waals surface area contributed by atoms with Crippen LogP contribution < -0.4 is 0 Å². The highest BCUT2D eigenvalue weighted by Gasteiger charge is 2.38. The molecule has 54 valence electrons. The Hall–Kier alpha value is -1.28. The van der Waals surface area contributed by atoms with Gasteiger partial charge in [0.1, 0.15) is 0 Å². The fraction of sp³-hybridized carbons (Fsp3) is 0.556. The molecule has 0 amide bonds. The first-order valence-electron chi connectivity index (χ1n) is 3.85. The summed E-state index contributed by atoms with van der Waals surface area (Å²) in [7, 11) is 0. The smallest absolute Gasteiger partial charge is 0.0946 e. The third-order valence-corrected chi connectivity index (χ3v) is 2.74. The molecule has 0 heterocycles. The van der Waals surface area contributed by atoms with Crippen LogP contribution in [-0.4, -0.2) is 0 Å². The van der Waals surface area contributed by atoms with Crippen molar-refractivity contribution in [3.8, 4) is 12.1 Å². The molecular weight excluding hydrogens is 136 g/mol. The molecule has 2 rings (SSSR count). The van der Waals surface area contributed by atoms with Gasteiger partial charge in [0.25, 0.3) is 0 Å². The maximum atomic E-state index is 8.69. The van der Waals surface area contributed by atoms with Crippen molar-refractivity contribution in [3.63, 3.8) is 0 Å². The Labute approximate surface area is 65.7 Å². The van der Waals surface area contributed by atoms with Gasteiger partial charge >= 0.3 is 0 Å². The van der Waals surface area contributed by atoms with Crippen LogP contribution in [0.15, 0.2) is 11.1 Å².